The van der Waals surface area contributed by atoms with Crippen LogP contribution in [0.15, 0.2) is 42.5 Å². The number of para-hydroxylation sites is 1. The summed E-state index contributed by atoms with van der Waals surface area (Å²) in [6.07, 6.45) is -0.158. The molecule has 0 spiro atoms. The summed E-state index contributed by atoms with van der Waals surface area (Å²) in [7, 11) is 0. The van der Waals surface area contributed by atoms with E-state index < -0.39 is 16.4 Å². The third-order valence-corrected chi connectivity index (χ3v) is 2.85. The first kappa shape index (κ1) is 14.5. The molecule has 0 fully saturated rings. The van der Waals surface area contributed by atoms with Gasteiger partial charge < -0.3 is 4.74 Å². The molecule has 0 unspecified atom stereocenters. The minimum atomic E-state index is -0.723. The van der Waals surface area contributed by atoms with Gasteiger partial charge in [-0.3, -0.25) is 10.1 Å². The van der Waals surface area contributed by atoms with Crippen LogP contribution in [-0.4, -0.2) is 4.92 Å². The van der Waals surface area contributed by atoms with Crippen LogP contribution in [-0.2, 0) is 13.0 Å². The first-order valence-corrected chi connectivity index (χ1v) is 6.12. The van der Waals surface area contributed by atoms with Gasteiger partial charge in [0.2, 0.25) is 0 Å². The Bertz CT molecular complexity index is 696. The summed E-state index contributed by atoms with van der Waals surface area (Å²) in [4.78, 5) is 10.1. The van der Waals surface area contributed by atoms with Gasteiger partial charge in [0, 0.05) is 11.1 Å². The normalized spacial score (nSPS) is 9.90. The van der Waals surface area contributed by atoms with Gasteiger partial charge in [0.25, 0.3) is 5.69 Å². The summed E-state index contributed by atoms with van der Waals surface area (Å²) in [6.45, 7) is -0.0632. The topological polar surface area (TPSA) is 76.2 Å². The van der Waals surface area contributed by atoms with Crippen LogP contribution in [0.3, 0.4) is 0 Å². The van der Waals surface area contributed by atoms with Crippen LogP contribution in [0.2, 0.25) is 0 Å². The second kappa shape index (κ2) is 6.48. The Morgan fingerprint density at radius 1 is 1.24 bits per heavy atom. The Hall–Kier alpha value is -2.94. The molecular formula is C15H11FN2O3. The molecule has 0 N–H and O–H groups in total. The van der Waals surface area contributed by atoms with Gasteiger partial charge in [-0.1, -0.05) is 18.2 Å². The lowest BCUT2D eigenvalue weighted by Crippen LogP contribution is -2.03. The van der Waals surface area contributed by atoms with Gasteiger partial charge in [-0.25, -0.2) is 4.39 Å². The zero-order valence-corrected chi connectivity index (χ0v) is 11.0. The first-order chi connectivity index (χ1) is 10.1. The van der Waals surface area contributed by atoms with Gasteiger partial charge in [0.1, 0.15) is 18.2 Å². The summed E-state index contributed by atoms with van der Waals surface area (Å²) in [5.74, 6) is -0.156. The lowest BCUT2D eigenvalue weighted by molar-refractivity contribution is -0.385. The van der Waals surface area contributed by atoms with Crippen LogP contribution in [0.5, 0.6) is 5.75 Å². The van der Waals surface area contributed by atoms with Crippen molar-refractivity contribution in [3.63, 3.8) is 0 Å². The molecule has 0 atom stereocenters. The highest BCUT2D eigenvalue weighted by atomic mass is 19.1. The predicted octanol–water partition coefficient (Wildman–Crippen LogP) is 3.38. The Labute approximate surface area is 120 Å². The quantitative estimate of drug-likeness (QED) is 0.623. The van der Waals surface area contributed by atoms with Crippen molar-refractivity contribution in [3.8, 4) is 11.8 Å². The molecule has 0 bridgehead atoms. The number of nitriles is 1. The average Bonchev–Trinajstić information content (AvgIpc) is 2.48. The van der Waals surface area contributed by atoms with E-state index in [0.29, 0.717) is 5.75 Å². The minimum absolute atomic E-state index is 0.0632. The van der Waals surface area contributed by atoms with Crippen molar-refractivity contribution in [2.75, 3.05) is 0 Å². The largest absolute Gasteiger partial charge is 0.489 e. The highest BCUT2D eigenvalue weighted by molar-refractivity contribution is 5.45. The fraction of sp³-hybridized carbons (Fsp3) is 0.133. The van der Waals surface area contributed by atoms with Crippen molar-refractivity contribution in [1.82, 2.24) is 0 Å². The summed E-state index contributed by atoms with van der Waals surface area (Å²) in [6, 6.07) is 12.8. The fourth-order valence-electron chi connectivity index (χ4n) is 1.84. The van der Waals surface area contributed by atoms with E-state index in [-0.39, 0.29) is 24.2 Å². The molecule has 2 aromatic rings. The summed E-state index contributed by atoms with van der Waals surface area (Å²) in [5, 5.41) is 19.5. The monoisotopic (exact) mass is 286 g/mol. The van der Waals surface area contributed by atoms with Crippen LogP contribution < -0.4 is 4.74 Å². The molecule has 0 heterocycles. The molecule has 0 saturated carbocycles. The molecule has 2 aromatic carbocycles. The first-order valence-electron chi connectivity index (χ1n) is 6.12. The third kappa shape index (κ3) is 3.54. The molecule has 0 aliphatic heterocycles. The maximum Gasteiger partial charge on any atom is 0.276 e. The molecule has 5 nitrogen and oxygen atoms in total. The van der Waals surface area contributed by atoms with E-state index in [2.05, 4.69) is 0 Å². The third-order valence-electron chi connectivity index (χ3n) is 2.85. The maximum atomic E-state index is 13.9. The maximum absolute atomic E-state index is 13.9. The number of benzene rings is 2. The molecule has 0 aromatic heterocycles. The standard InChI is InChI=1S/C15H11FN2O3/c16-14-9-15(18(19)20)11(6-7-17)8-12(14)10-21-13-4-2-1-3-5-13/h1-5,8-9H,6,10H2. The number of hydrogen-bond acceptors (Lipinski definition) is 4. The highest BCUT2D eigenvalue weighted by Gasteiger charge is 2.18. The Kier molecular flexibility index (Phi) is 4.46. The van der Waals surface area contributed by atoms with Gasteiger partial charge in [0.05, 0.1) is 23.5 Å². The second-order valence-corrected chi connectivity index (χ2v) is 4.27. The predicted molar refractivity (Wildman–Crippen MR) is 73.1 cm³/mol. The van der Waals surface area contributed by atoms with E-state index in [0.717, 1.165) is 6.07 Å². The number of rotatable bonds is 5. The molecule has 0 amide bonds. The Morgan fingerprint density at radius 2 is 1.95 bits per heavy atom. The molecule has 0 saturated heterocycles. The molecule has 0 aliphatic rings. The zero-order valence-electron chi connectivity index (χ0n) is 11.0. The zero-order chi connectivity index (χ0) is 15.2. The Morgan fingerprint density at radius 3 is 2.57 bits per heavy atom. The number of nitrogens with zero attached hydrogens (tertiary/aromatic N) is 2. The molecule has 6 heteroatoms. The van der Waals surface area contributed by atoms with Crippen LogP contribution in [0, 0.1) is 27.3 Å². The van der Waals surface area contributed by atoms with Gasteiger partial charge >= 0.3 is 0 Å². The van der Waals surface area contributed by atoms with Gasteiger partial charge in [-0.05, 0) is 18.2 Å². The van der Waals surface area contributed by atoms with Crippen molar-refractivity contribution in [2.45, 2.75) is 13.0 Å². The number of nitro groups is 1. The van der Waals surface area contributed by atoms with Crippen molar-refractivity contribution in [2.24, 2.45) is 0 Å². The lowest BCUT2D eigenvalue weighted by atomic mass is 10.1. The van der Waals surface area contributed by atoms with Gasteiger partial charge in [-0.15, -0.1) is 0 Å². The van der Waals surface area contributed by atoms with E-state index in [1.54, 1.807) is 24.3 Å². The van der Waals surface area contributed by atoms with E-state index in [1.807, 2.05) is 12.1 Å². The Balaban J connectivity index is 2.25. The van der Waals surface area contributed by atoms with E-state index in [4.69, 9.17) is 10.00 Å². The smallest absolute Gasteiger partial charge is 0.276 e. The molecule has 0 radical (unpaired) electrons. The van der Waals surface area contributed by atoms with Crippen molar-refractivity contribution in [3.05, 3.63) is 69.5 Å². The molecule has 21 heavy (non-hydrogen) atoms. The fourth-order valence-corrected chi connectivity index (χ4v) is 1.84. The highest BCUT2D eigenvalue weighted by Crippen LogP contribution is 2.24. The van der Waals surface area contributed by atoms with Crippen LogP contribution in [0.4, 0.5) is 10.1 Å². The molecule has 2 rings (SSSR count). The molecule has 0 aliphatic carbocycles. The van der Waals surface area contributed by atoms with Crippen molar-refractivity contribution >= 4 is 5.69 Å². The summed E-state index contributed by atoms with van der Waals surface area (Å²) >= 11 is 0. The van der Waals surface area contributed by atoms with Gasteiger partial charge in [0.15, 0.2) is 0 Å². The van der Waals surface area contributed by atoms with Crippen LogP contribution >= 0.6 is 0 Å². The number of nitro benzene ring substituents is 1. The second-order valence-electron chi connectivity index (χ2n) is 4.27. The van der Waals surface area contributed by atoms with Crippen LogP contribution in [0.1, 0.15) is 11.1 Å². The van der Waals surface area contributed by atoms with E-state index in [9.17, 15) is 14.5 Å². The van der Waals surface area contributed by atoms with Gasteiger partial charge in [-0.2, -0.15) is 5.26 Å². The van der Waals surface area contributed by atoms with Crippen molar-refractivity contribution < 1.29 is 14.1 Å². The van der Waals surface area contributed by atoms with Crippen molar-refractivity contribution in [1.29, 1.82) is 5.26 Å². The van der Waals surface area contributed by atoms with E-state index >= 15 is 0 Å². The number of hydrogen-bond donors (Lipinski definition) is 0. The summed E-state index contributed by atoms with van der Waals surface area (Å²) < 4.78 is 19.3. The molecule has 106 valence electrons. The number of ether oxygens (including phenoxy) is 1. The summed E-state index contributed by atoms with van der Waals surface area (Å²) in [5.41, 5.74) is -0.0391. The van der Waals surface area contributed by atoms with E-state index in [1.165, 1.54) is 6.07 Å². The van der Waals surface area contributed by atoms with Crippen LogP contribution in [0.25, 0.3) is 0 Å². The SMILES string of the molecule is N#CCc1cc(COc2ccccc2)c(F)cc1[N+](=O)[O-]. The molecular weight excluding hydrogens is 275 g/mol. The average molecular weight is 286 g/mol. The number of halogens is 1. The minimum Gasteiger partial charge on any atom is -0.489 e. The lowest BCUT2D eigenvalue weighted by Gasteiger charge is -2.08.